The first-order chi connectivity index (χ1) is 11.0. The molecule has 0 saturated carbocycles. The molecule has 1 atom stereocenters. The van der Waals surface area contributed by atoms with Crippen LogP contribution in [0.15, 0.2) is 29.3 Å². The van der Waals surface area contributed by atoms with Gasteiger partial charge < -0.3 is 15.6 Å². The second-order valence-corrected chi connectivity index (χ2v) is 5.84. The molecule has 2 amide bonds. The Balaban J connectivity index is 1.78. The molecule has 124 valence electrons. The van der Waals surface area contributed by atoms with Crippen LogP contribution in [-0.2, 0) is 13.1 Å². The monoisotopic (exact) mass is 317 g/mol. The molecule has 0 aliphatic carbocycles. The molecule has 0 radical (unpaired) electrons. The van der Waals surface area contributed by atoms with Crippen LogP contribution in [0, 0.1) is 19.8 Å². The first-order valence-electron chi connectivity index (χ1n) is 7.64. The summed E-state index contributed by atoms with van der Waals surface area (Å²) in [5.41, 5.74) is 2.11. The van der Waals surface area contributed by atoms with Crippen LogP contribution in [-0.4, -0.2) is 27.3 Å². The second kappa shape index (κ2) is 7.62. The highest BCUT2D eigenvalue weighted by Crippen LogP contribution is 2.03. The Morgan fingerprint density at radius 2 is 2.17 bits per heavy atom. The third kappa shape index (κ3) is 4.98. The van der Waals surface area contributed by atoms with E-state index in [1.54, 1.807) is 6.20 Å². The number of rotatable bonds is 6. The number of aromatic amines is 1. The largest absolute Gasteiger partial charge is 0.338 e. The number of nitrogens with zero attached hydrogens (tertiary/aromatic N) is 2. The molecular weight excluding hydrogens is 294 g/mol. The minimum Gasteiger partial charge on any atom is -0.338 e. The Morgan fingerprint density at radius 3 is 2.83 bits per heavy atom. The van der Waals surface area contributed by atoms with Gasteiger partial charge in [-0.2, -0.15) is 5.10 Å². The highest BCUT2D eigenvalue weighted by molar-refractivity contribution is 5.73. The van der Waals surface area contributed by atoms with Crippen molar-refractivity contribution in [2.45, 2.75) is 33.9 Å². The van der Waals surface area contributed by atoms with E-state index >= 15 is 0 Å². The van der Waals surface area contributed by atoms with E-state index < -0.39 is 0 Å². The molecule has 0 saturated heterocycles. The standard InChI is InChI=1S/C16H23N5O2/c1-11(10-21-6-4-5-19-21)8-17-16(23)18-9-14-12(2)7-13(3)20-15(14)22/h4-7,11H,8-10H2,1-3H3,(H,20,22)(H2,17,18,23)/t11-/m1/s1. The molecule has 0 aromatic carbocycles. The van der Waals surface area contributed by atoms with E-state index in [1.165, 1.54) is 0 Å². The zero-order valence-electron chi connectivity index (χ0n) is 13.7. The number of urea groups is 1. The smallest absolute Gasteiger partial charge is 0.315 e. The summed E-state index contributed by atoms with van der Waals surface area (Å²) in [7, 11) is 0. The molecule has 0 aliphatic rings. The van der Waals surface area contributed by atoms with Crippen molar-refractivity contribution in [2.24, 2.45) is 5.92 Å². The molecular formula is C16H23N5O2. The van der Waals surface area contributed by atoms with E-state index in [0.29, 0.717) is 12.1 Å². The summed E-state index contributed by atoms with van der Waals surface area (Å²) < 4.78 is 1.83. The van der Waals surface area contributed by atoms with Crippen LogP contribution in [0.5, 0.6) is 0 Å². The Labute approximate surface area is 135 Å². The fourth-order valence-electron chi connectivity index (χ4n) is 2.39. The van der Waals surface area contributed by atoms with Crippen molar-refractivity contribution in [1.82, 2.24) is 25.4 Å². The van der Waals surface area contributed by atoms with E-state index in [9.17, 15) is 9.59 Å². The van der Waals surface area contributed by atoms with Crippen molar-refractivity contribution in [1.29, 1.82) is 0 Å². The maximum Gasteiger partial charge on any atom is 0.315 e. The number of pyridine rings is 1. The molecule has 2 aromatic rings. The maximum absolute atomic E-state index is 11.9. The lowest BCUT2D eigenvalue weighted by Gasteiger charge is -2.14. The molecule has 0 aliphatic heterocycles. The number of carbonyl (C=O) groups excluding carboxylic acids is 1. The van der Waals surface area contributed by atoms with Crippen LogP contribution >= 0.6 is 0 Å². The lowest BCUT2D eigenvalue weighted by molar-refractivity contribution is 0.238. The Kier molecular flexibility index (Phi) is 5.56. The quantitative estimate of drug-likeness (QED) is 0.750. The highest BCUT2D eigenvalue weighted by Gasteiger charge is 2.09. The van der Waals surface area contributed by atoms with Crippen molar-refractivity contribution in [3.63, 3.8) is 0 Å². The average Bonchev–Trinajstić information content (AvgIpc) is 2.96. The van der Waals surface area contributed by atoms with Gasteiger partial charge in [0.05, 0.1) is 6.54 Å². The molecule has 23 heavy (non-hydrogen) atoms. The third-order valence-electron chi connectivity index (χ3n) is 3.59. The third-order valence-corrected chi connectivity index (χ3v) is 3.59. The van der Waals surface area contributed by atoms with Gasteiger partial charge in [0.15, 0.2) is 0 Å². The van der Waals surface area contributed by atoms with Crippen LogP contribution in [0.3, 0.4) is 0 Å². The maximum atomic E-state index is 11.9. The van der Waals surface area contributed by atoms with Crippen molar-refractivity contribution in [3.05, 3.63) is 51.7 Å². The summed E-state index contributed by atoms with van der Waals surface area (Å²) in [4.78, 5) is 26.5. The number of hydrogen-bond acceptors (Lipinski definition) is 3. The lowest BCUT2D eigenvalue weighted by Crippen LogP contribution is -2.39. The van der Waals surface area contributed by atoms with Gasteiger partial charge in [-0.3, -0.25) is 9.48 Å². The van der Waals surface area contributed by atoms with Gasteiger partial charge in [-0.15, -0.1) is 0 Å². The predicted molar refractivity (Wildman–Crippen MR) is 88.2 cm³/mol. The molecule has 0 fully saturated rings. The summed E-state index contributed by atoms with van der Waals surface area (Å²) in [5.74, 6) is 0.255. The summed E-state index contributed by atoms with van der Waals surface area (Å²) in [6, 6.07) is 3.48. The van der Waals surface area contributed by atoms with Crippen molar-refractivity contribution >= 4 is 6.03 Å². The zero-order valence-corrected chi connectivity index (χ0v) is 13.7. The van der Waals surface area contributed by atoms with Crippen LogP contribution in [0.2, 0.25) is 0 Å². The summed E-state index contributed by atoms with van der Waals surface area (Å²) in [5, 5.41) is 9.67. The number of aromatic nitrogens is 3. The van der Waals surface area contributed by atoms with Gasteiger partial charge in [-0.05, 0) is 37.5 Å². The fraction of sp³-hybridized carbons (Fsp3) is 0.438. The Morgan fingerprint density at radius 1 is 1.39 bits per heavy atom. The van der Waals surface area contributed by atoms with Crippen LogP contribution in [0.25, 0.3) is 0 Å². The van der Waals surface area contributed by atoms with Gasteiger partial charge in [0.2, 0.25) is 0 Å². The van der Waals surface area contributed by atoms with E-state index in [1.807, 2.05) is 43.8 Å². The number of hydrogen-bond donors (Lipinski definition) is 3. The summed E-state index contributed by atoms with van der Waals surface area (Å²) in [6.07, 6.45) is 3.62. The molecule has 0 spiro atoms. The van der Waals surface area contributed by atoms with Crippen molar-refractivity contribution < 1.29 is 4.79 Å². The van der Waals surface area contributed by atoms with E-state index in [2.05, 4.69) is 20.7 Å². The van der Waals surface area contributed by atoms with Crippen molar-refractivity contribution in [2.75, 3.05) is 6.54 Å². The molecule has 7 heteroatoms. The Hall–Kier alpha value is -2.57. The summed E-state index contributed by atoms with van der Waals surface area (Å²) >= 11 is 0. The number of nitrogens with one attached hydrogen (secondary N) is 3. The van der Waals surface area contributed by atoms with Crippen LogP contribution < -0.4 is 16.2 Å². The molecule has 7 nitrogen and oxygen atoms in total. The predicted octanol–water partition coefficient (Wildman–Crippen LogP) is 1.32. The van der Waals surface area contributed by atoms with Gasteiger partial charge in [-0.25, -0.2) is 4.79 Å². The topological polar surface area (TPSA) is 91.8 Å². The van der Waals surface area contributed by atoms with Gasteiger partial charge in [-0.1, -0.05) is 6.92 Å². The van der Waals surface area contributed by atoms with Gasteiger partial charge >= 0.3 is 6.03 Å². The van der Waals surface area contributed by atoms with Gasteiger partial charge in [0.1, 0.15) is 0 Å². The number of H-pyrrole nitrogens is 1. The average molecular weight is 317 g/mol. The van der Waals surface area contributed by atoms with E-state index in [4.69, 9.17) is 0 Å². The van der Waals surface area contributed by atoms with Crippen LogP contribution in [0.4, 0.5) is 4.79 Å². The second-order valence-electron chi connectivity index (χ2n) is 5.84. The van der Waals surface area contributed by atoms with Crippen LogP contribution in [0.1, 0.15) is 23.7 Å². The number of amides is 2. The normalized spacial score (nSPS) is 12.0. The first kappa shape index (κ1) is 16.8. The number of aryl methyl sites for hydroxylation is 2. The molecule has 0 unspecified atom stereocenters. The molecule has 2 aromatic heterocycles. The SMILES string of the molecule is Cc1cc(C)c(CNC(=O)NC[C@@H](C)Cn2cccn2)c(=O)[nH]1. The fourth-order valence-corrected chi connectivity index (χ4v) is 2.39. The van der Waals surface area contributed by atoms with E-state index in [0.717, 1.165) is 17.8 Å². The molecule has 3 N–H and O–H groups in total. The molecule has 2 rings (SSSR count). The minimum atomic E-state index is -0.281. The summed E-state index contributed by atoms with van der Waals surface area (Å²) in [6.45, 7) is 7.22. The van der Waals surface area contributed by atoms with Gasteiger partial charge in [0, 0.05) is 36.7 Å². The Bertz CT molecular complexity index is 706. The first-order valence-corrected chi connectivity index (χ1v) is 7.64. The van der Waals surface area contributed by atoms with Crippen molar-refractivity contribution in [3.8, 4) is 0 Å². The zero-order chi connectivity index (χ0) is 16.8. The highest BCUT2D eigenvalue weighted by atomic mass is 16.2. The lowest BCUT2D eigenvalue weighted by atomic mass is 10.1. The van der Waals surface area contributed by atoms with E-state index in [-0.39, 0.29) is 24.1 Å². The van der Waals surface area contributed by atoms with Gasteiger partial charge in [0.25, 0.3) is 5.56 Å². The minimum absolute atomic E-state index is 0.158. The number of carbonyl (C=O) groups is 1. The molecule has 0 bridgehead atoms. The molecule has 2 heterocycles.